The molecule has 1 aromatic carbocycles. The Hall–Kier alpha value is -0.500. The fourth-order valence-electron chi connectivity index (χ4n) is 1.02. The van der Waals surface area contributed by atoms with E-state index in [2.05, 4.69) is 22.4 Å². The molecule has 0 spiro atoms. The lowest BCUT2D eigenvalue weighted by Gasteiger charge is -1.96. The van der Waals surface area contributed by atoms with Crippen LogP contribution in [0.4, 0.5) is 0 Å². The first-order valence-corrected chi connectivity index (χ1v) is 3.91. The SMILES string of the molecule is Brc1ccc2c(c1)OC[CH]2. The summed E-state index contributed by atoms with van der Waals surface area (Å²) in [6.07, 6.45) is 2.07. The standard InChI is InChI=1S/C8H6BrO/c9-7-2-1-6-3-4-10-8(6)5-7/h1-3,5H,4H2. The second-order valence-corrected chi connectivity index (χ2v) is 3.11. The summed E-state index contributed by atoms with van der Waals surface area (Å²) in [5.41, 5.74) is 1.20. The first-order chi connectivity index (χ1) is 4.86. The number of rotatable bonds is 0. The molecule has 0 atom stereocenters. The minimum atomic E-state index is 0.714. The van der Waals surface area contributed by atoms with Crippen molar-refractivity contribution in [1.82, 2.24) is 0 Å². The lowest BCUT2D eigenvalue weighted by molar-refractivity contribution is 0.377. The molecule has 0 N–H and O–H groups in total. The minimum Gasteiger partial charge on any atom is -0.493 e. The zero-order chi connectivity index (χ0) is 6.97. The molecule has 0 saturated heterocycles. The first kappa shape index (κ1) is 6.23. The second kappa shape index (κ2) is 2.27. The Balaban J connectivity index is 2.52. The average molecular weight is 198 g/mol. The third kappa shape index (κ3) is 0.926. The zero-order valence-electron chi connectivity index (χ0n) is 5.30. The molecule has 0 amide bonds. The number of benzene rings is 1. The van der Waals surface area contributed by atoms with E-state index in [4.69, 9.17) is 4.74 Å². The third-order valence-electron chi connectivity index (χ3n) is 1.52. The molecule has 2 rings (SSSR count). The van der Waals surface area contributed by atoms with Gasteiger partial charge in [-0.3, -0.25) is 0 Å². The topological polar surface area (TPSA) is 9.23 Å². The number of ether oxygens (including phenoxy) is 1. The normalized spacial score (nSPS) is 14.5. The molecule has 0 aliphatic carbocycles. The molecule has 1 aliphatic heterocycles. The van der Waals surface area contributed by atoms with Crippen molar-refractivity contribution < 1.29 is 4.74 Å². The largest absolute Gasteiger partial charge is 0.493 e. The van der Waals surface area contributed by atoms with E-state index in [-0.39, 0.29) is 0 Å². The van der Waals surface area contributed by atoms with E-state index in [0.717, 1.165) is 10.2 Å². The van der Waals surface area contributed by atoms with E-state index in [1.54, 1.807) is 0 Å². The Morgan fingerprint density at radius 2 is 2.30 bits per heavy atom. The zero-order valence-corrected chi connectivity index (χ0v) is 6.89. The van der Waals surface area contributed by atoms with Gasteiger partial charge in [-0.25, -0.2) is 0 Å². The molecule has 0 aromatic heterocycles. The molecule has 2 heteroatoms. The van der Waals surface area contributed by atoms with Crippen LogP contribution >= 0.6 is 15.9 Å². The Kier molecular flexibility index (Phi) is 1.42. The molecule has 51 valence electrons. The number of hydrogen-bond donors (Lipinski definition) is 0. The first-order valence-electron chi connectivity index (χ1n) is 3.12. The van der Waals surface area contributed by atoms with Gasteiger partial charge in [0.1, 0.15) is 5.75 Å². The summed E-state index contributed by atoms with van der Waals surface area (Å²) in [5.74, 6) is 0.981. The van der Waals surface area contributed by atoms with E-state index in [0.29, 0.717) is 6.61 Å². The van der Waals surface area contributed by atoms with Gasteiger partial charge in [0.05, 0.1) is 6.61 Å². The van der Waals surface area contributed by atoms with Crippen molar-refractivity contribution in [3.63, 3.8) is 0 Å². The molecule has 1 radical (unpaired) electrons. The van der Waals surface area contributed by atoms with Gasteiger partial charge in [0, 0.05) is 16.5 Å². The smallest absolute Gasteiger partial charge is 0.124 e. The molecule has 0 bridgehead atoms. The lowest BCUT2D eigenvalue weighted by atomic mass is 10.2. The van der Waals surface area contributed by atoms with Crippen LogP contribution in [0.2, 0.25) is 0 Å². The summed E-state index contributed by atoms with van der Waals surface area (Å²) < 4.78 is 6.36. The van der Waals surface area contributed by atoms with Crippen molar-refractivity contribution in [2.75, 3.05) is 6.61 Å². The van der Waals surface area contributed by atoms with Gasteiger partial charge in [0.2, 0.25) is 0 Å². The van der Waals surface area contributed by atoms with E-state index in [9.17, 15) is 0 Å². The summed E-state index contributed by atoms with van der Waals surface area (Å²) in [7, 11) is 0. The second-order valence-electron chi connectivity index (χ2n) is 2.20. The molecular weight excluding hydrogens is 192 g/mol. The number of hydrogen-bond acceptors (Lipinski definition) is 1. The summed E-state index contributed by atoms with van der Waals surface area (Å²) in [6, 6.07) is 6.05. The van der Waals surface area contributed by atoms with Gasteiger partial charge in [0.25, 0.3) is 0 Å². The van der Waals surface area contributed by atoms with Crippen LogP contribution in [0, 0.1) is 6.42 Å². The maximum atomic E-state index is 5.29. The summed E-state index contributed by atoms with van der Waals surface area (Å²) in [6.45, 7) is 0.714. The van der Waals surface area contributed by atoms with Gasteiger partial charge >= 0.3 is 0 Å². The van der Waals surface area contributed by atoms with Crippen LogP contribution in [0.1, 0.15) is 5.56 Å². The van der Waals surface area contributed by atoms with Gasteiger partial charge in [-0.05, 0) is 12.1 Å². The van der Waals surface area contributed by atoms with Crippen molar-refractivity contribution in [2.45, 2.75) is 0 Å². The van der Waals surface area contributed by atoms with Gasteiger partial charge < -0.3 is 4.74 Å². The highest BCUT2D eigenvalue weighted by Gasteiger charge is 2.10. The molecule has 1 aliphatic rings. The lowest BCUT2D eigenvalue weighted by Crippen LogP contribution is -1.84. The van der Waals surface area contributed by atoms with E-state index in [1.165, 1.54) is 5.56 Å². The van der Waals surface area contributed by atoms with Crippen molar-refractivity contribution in [1.29, 1.82) is 0 Å². The van der Waals surface area contributed by atoms with Crippen LogP contribution < -0.4 is 4.74 Å². The Labute approximate surface area is 68.1 Å². The molecule has 10 heavy (non-hydrogen) atoms. The molecule has 1 heterocycles. The van der Waals surface area contributed by atoms with Crippen LogP contribution in [0.5, 0.6) is 5.75 Å². The van der Waals surface area contributed by atoms with Crippen LogP contribution in [-0.4, -0.2) is 6.61 Å². The Morgan fingerprint density at radius 3 is 3.20 bits per heavy atom. The van der Waals surface area contributed by atoms with Gasteiger partial charge in [-0.2, -0.15) is 0 Å². The highest BCUT2D eigenvalue weighted by Crippen LogP contribution is 2.29. The summed E-state index contributed by atoms with van der Waals surface area (Å²) >= 11 is 3.37. The van der Waals surface area contributed by atoms with Crippen LogP contribution in [-0.2, 0) is 0 Å². The fourth-order valence-corrected chi connectivity index (χ4v) is 1.36. The maximum absolute atomic E-state index is 5.29. The van der Waals surface area contributed by atoms with E-state index < -0.39 is 0 Å². The number of fused-ring (bicyclic) bond motifs is 1. The molecule has 1 nitrogen and oxygen atoms in total. The molecule has 0 unspecified atom stereocenters. The maximum Gasteiger partial charge on any atom is 0.124 e. The van der Waals surface area contributed by atoms with Crippen LogP contribution in [0.3, 0.4) is 0 Å². The van der Waals surface area contributed by atoms with Gasteiger partial charge in [0.15, 0.2) is 0 Å². The predicted octanol–water partition coefficient (Wildman–Crippen LogP) is 2.39. The van der Waals surface area contributed by atoms with Gasteiger partial charge in [-0.15, -0.1) is 0 Å². The predicted molar refractivity (Wildman–Crippen MR) is 43.0 cm³/mol. The highest BCUT2D eigenvalue weighted by molar-refractivity contribution is 9.10. The average Bonchev–Trinajstić information content (AvgIpc) is 2.33. The van der Waals surface area contributed by atoms with Crippen molar-refractivity contribution in [3.05, 3.63) is 34.7 Å². The highest BCUT2D eigenvalue weighted by atomic mass is 79.9. The van der Waals surface area contributed by atoms with E-state index >= 15 is 0 Å². The van der Waals surface area contributed by atoms with Crippen molar-refractivity contribution in [2.24, 2.45) is 0 Å². The van der Waals surface area contributed by atoms with Crippen LogP contribution in [0.15, 0.2) is 22.7 Å². The summed E-state index contributed by atoms with van der Waals surface area (Å²) in [5, 5.41) is 0. The summed E-state index contributed by atoms with van der Waals surface area (Å²) in [4.78, 5) is 0. The Bertz CT molecular complexity index is 257. The molecular formula is C8H6BrO. The van der Waals surface area contributed by atoms with Crippen molar-refractivity contribution >= 4 is 15.9 Å². The quantitative estimate of drug-likeness (QED) is 0.621. The number of halogens is 1. The van der Waals surface area contributed by atoms with Crippen LogP contribution in [0.25, 0.3) is 0 Å². The van der Waals surface area contributed by atoms with E-state index in [1.807, 2.05) is 18.2 Å². The monoisotopic (exact) mass is 197 g/mol. The Morgan fingerprint density at radius 1 is 1.40 bits per heavy atom. The molecule has 0 fully saturated rings. The minimum absolute atomic E-state index is 0.714. The third-order valence-corrected chi connectivity index (χ3v) is 2.01. The van der Waals surface area contributed by atoms with Crippen molar-refractivity contribution in [3.8, 4) is 5.75 Å². The molecule has 1 aromatic rings. The fraction of sp³-hybridized carbons (Fsp3) is 0.125. The van der Waals surface area contributed by atoms with Gasteiger partial charge in [-0.1, -0.05) is 22.0 Å². The molecule has 0 saturated carbocycles.